The van der Waals surface area contributed by atoms with Crippen molar-refractivity contribution in [2.24, 2.45) is 0 Å². The Bertz CT molecular complexity index is 741. The van der Waals surface area contributed by atoms with Gasteiger partial charge in [-0.05, 0) is 29.8 Å². The second-order valence-electron chi connectivity index (χ2n) is 4.66. The maximum absolute atomic E-state index is 5.43. The molecule has 0 spiro atoms. The van der Waals surface area contributed by atoms with Crippen molar-refractivity contribution in [2.75, 3.05) is 7.11 Å². The van der Waals surface area contributed by atoms with E-state index in [1.807, 2.05) is 30.3 Å². The van der Waals surface area contributed by atoms with Crippen molar-refractivity contribution >= 4 is 26.8 Å². The van der Waals surface area contributed by atoms with E-state index in [0.717, 1.165) is 27.4 Å². The van der Waals surface area contributed by atoms with E-state index in [4.69, 9.17) is 4.74 Å². The fourth-order valence-corrected chi connectivity index (χ4v) is 2.67. The van der Waals surface area contributed by atoms with Crippen LogP contribution in [0.5, 0.6) is 5.88 Å². The normalized spacial score (nSPS) is 10.7. The summed E-state index contributed by atoms with van der Waals surface area (Å²) in [6.45, 7) is 0. The monoisotopic (exact) mass is 327 g/mol. The summed E-state index contributed by atoms with van der Waals surface area (Å²) < 4.78 is 6.49. The Morgan fingerprint density at radius 3 is 2.60 bits per heavy atom. The standard InChI is InChI=1S/C17H14BrNO/c1-20-17-14(9-12-5-3-2-4-6-12)10-13-11-15(18)7-8-16(13)19-17/h2-8,10-11H,9H2,1H3. The van der Waals surface area contributed by atoms with E-state index in [9.17, 15) is 0 Å². The van der Waals surface area contributed by atoms with Gasteiger partial charge in [-0.25, -0.2) is 4.98 Å². The first-order valence-electron chi connectivity index (χ1n) is 6.43. The molecule has 0 saturated heterocycles. The Hall–Kier alpha value is -1.87. The van der Waals surface area contributed by atoms with Crippen LogP contribution in [0, 0.1) is 0 Å². The van der Waals surface area contributed by atoms with Crippen molar-refractivity contribution < 1.29 is 4.74 Å². The van der Waals surface area contributed by atoms with Gasteiger partial charge >= 0.3 is 0 Å². The third-order valence-corrected chi connectivity index (χ3v) is 3.74. The average Bonchev–Trinajstić information content (AvgIpc) is 2.47. The van der Waals surface area contributed by atoms with Crippen LogP contribution >= 0.6 is 15.9 Å². The third kappa shape index (κ3) is 2.68. The molecule has 0 aliphatic heterocycles. The highest BCUT2D eigenvalue weighted by Gasteiger charge is 2.08. The lowest BCUT2D eigenvalue weighted by molar-refractivity contribution is 0.395. The lowest BCUT2D eigenvalue weighted by atomic mass is 10.0. The van der Waals surface area contributed by atoms with Crippen LogP contribution in [0.15, 0.2) is 59.1 Å². The van der Waals surface area contributed by atoms with Crippen LogP contribution in [0.3, 0.4) is 0 Å². The van der Waals surface area contributed by atoms with Gasteiger partial charge in [-0.2, -0.15) is 0 Å². The number of hydrogen-bond acceptors (Lipinski definition) is 2. The van der Waals surface area contributed by atoms with Crippen LogP contribution in [0.4, 0.5) is 0 Å². The number of hydrogen-bond donors (Lipinski definition) is 0. The van der Waals surface area contributed by atoms with Gasteiger partial charge < -0.3 is 4.74 Å². The topological polar surface area (TPSA) is 22.1 Å². The van der Waals surface area contributed by atoms with Crippen LogP contribution in [0.2, 0.25) is 0 Å². The van der Waals surface area contributed by atoms with Gasteiger partial charge in [0.05, 0.1) is 12.6 Å². The summed E-state index contributed by atoms with van der Waals surface area (Å²) >= 11 is 3.50. The molecular weight excluding hydrogens is 314 g/mol. The van der Waals surface area contributed by atoms with Crippen LogP contribution < -0.4 is 4.74 Å². The molecule has 100 valence electrons. The number of aromatic nitrogens is 1. The molecule has 3 heteroatoms. The number of halogens is 1. The van der Waals surface area contributed by atoms with Crippen molar-refractivity contribution in [3.05, 3.63) is 70.2 Å². The van der Waals surface area contributed by atoms with Gasteiger partial charge in [0, 0.05) is 21.8 Å². The average molecular weight is 328 g/mol. The molecule has 0 radical (unpaired) electrons. The summed E-state index contributed by atoms with van der Waals surface area (Å²) in [7, 11) is 1.67. The third-order valence-electron chi connectivity index (χ3n) is 3.25. The SMILES string of the molecule is COc1nc2ccc(Br)cc2cc1Cc1ccccc1. The molecule has 2 aromatic carbocycles. The summed E-state index contributed by atoms with van der Waals surface area (Å²) in [6.07, 6.45) is 0.819. The molecule has 1 heterocycles. The highest BCUT2D eigenvalue weighted by Crippen LogP contribution is 2.26. The molecule has 20 heavy (non-hydrogen) atoms. The number of methoxy groups -OCH3 is 1. The first-order valence-corrected chi connectivity index (χ1v) is 7.22. The molecule has 0 aliphatic carbocycles. The quantitative estimate of drug-likeness (QED) is 0.701. The van der Waals surface area contributed by atoms with E-state index in [1.165, 1.54) is 5.56 Å². The predicted octanol–water partition coefficient (Wildman–Crippen LogP) is 4.60. The first kappa shape index (κ1) is 13.1. The lowest BCUT2D eigenvalue weighted by Crippen LogP contribution is -1.97. The molecule has 0 aliphatic rings. The highest BCUT2D eigenvalue weighted by atomic mass is 79.9. The molecule has 1 aromatic heterocycles. The van der Waals surface area contributed by atoms with Crippen LogP contribution in [-0.4, -0.2) is 12.1 Å². The van der Waals surface area contributed by atoms with E-state index >= 15 is 0 Å². The summed E-state index contributed by atoms with van der Waals surface area (Å²) in [6, 6.07) is 18.6. The van der Waals surface area contributed by atoms with Gasteiger partial charge in [0.25, 0.3) is 0 Å². The van der Waals surface area contributed by atoms with Crippen molar-refractivity contribution in [1.82, 2.24) is 4.98 Å². The lowest BCUT2D eigenvalue weighted by Gasteiger charge is -2.10. The Morgan fingerprint density at radius 2 is 1.85 bits per heavy atom. The van der Waals surface area contributed by atoms with E-state index < -0.39 is 0 Å². The Labute approximate surface area is 126 Å². The molecule has 2 nitrogen and oxygen atoms in total. The van der Waals surface area contributed by atoms with Gasteiger partial charge in [0.1, 0.15) is 0 Å². The van der Waals surface area contributed by atoms with Crippen LogP contribution in [-0.2, 0) is 6.42 Å². The zero-order chi connectivity index (χ0) is 13.9. The molecule has 0 bridgehead atoms. The summed E-state index contributed by atoms with van der Waals surface area (Å²) in [5, 5.41) is 1.12. The smallest absolute Gasteiger partial charge is 0.217 e. The number of fused-ring (bicyclic) bond motifs is 1. The molecule has 0 amide bonds. The predicted molar refractivity (Wildman–Crippen MR) is 85.2 cm³/mol. The van der Waals surface area contributed by atoms with Gasteiger partial charge in [-0.3, -0.25) is 0 Å². The Balaban J connectivity index is 2.08. The minimum Gasteiger partial charge on any atom is -0.481 e. The number of benzene rings is 2. The largest absolute Gasteiger partial charge is 0.481 e. The molecule has 0 atom stereocenters. The molecule has 0 unspecified atom stereocenters. The van der Waals surface area contributed by atoms with Gasteiger partial charge in [0.15, 0.2) is 0 Å². The second-order valence-corrected chi connectivity index (χ2v) is 5.57. The van der Waals surface area contributed by atoms with Crippen molar-refractivity contribution in [3.63, 3.8) is 0 Å². The van der Waals surface area contributed by atoms with E-state index in [2.05, 4.69) is 45.2 Å². The minimum atomic E-state index is 0.698. The molecule has 0 saturated carbocycles. The zero-order valence-corrected chi connectivity index (χ0v) is 12.7. The van der Waals surface area contributed by atoms with Gasteiger partial charge in [-0.15, -0.1) is 0 Å². The minimum absolute atomic E-state index is 0.698. The highest BCUT2D eigenvalue weighted by molar-refractivity contribution is 9.10. The van der Waals surface area contributed by atoms with E-state index in [1.54, 1.807) is 7.11 Å². The number of nitrogens with zero attached hydrogens (tertiary/aromatic N) is 1. The zero-order valence-electron chi connectivity index (χ0n) is 11.1. The summed E-state index contributed by atoms with van der Waals surface area (Å²) in [4.78, 5) is 4.59. The fraction of sp³-hybridized carbons (Fsp3) is 0.118. The molecule has 3 rings (SSSR count). The van der Waals surface area contributed by atoms with E-state index in [-0.39, 0.29) is 0 Å². The Morgan fingerprint density at radius 1 is 1.05 bits per heavy atom. The van der Waals surface area contributed by atoms with Crippen LogP contribution in [0.25, 0.3) is 10.9 Å². The van der Waals surface area contributed by atoms with Gasteiger partial charge in [-0.1, -0.05) is 46.3 Å². The first-order chi connectivity index (χ1) is 9.76. The summed E-state index contributed by atoms with van der Waals surface area (Å²) in [5.41, 5.74) is 3.30. The maximum Gasteiger partial charge on any atom is 0.217 e. The molecule has 0 fully saturated rings. The fourth-order valence-electron chi connectivity index (χ4n) is 2.29. The van der Waals surface area contributed by atoms with Crippen molar-refractivity contribution in [1.29, 1.82) is 0 Å². The van der Waals surface area contributed by atoms with Crippen molar-refractivity contribution in [2.45, 2.75) is 6.42 Å². The van der Waals surface area contributed by atoms with E-state index in [0.29, 0.717) is 5.88 Å². The van der Waals surface area contributed by atoms with Crippen molar-refractivity contribution in [3.8, 4) is 5.88 Å². The molecular formula is C17H14BrNO. The number of rotatable bonds is 3. The number of pyridine rings is 1. The second kappa shape index (κ2) is 5.63. The van der Waals surface area contributed by atoms with Crippen LogP contribution in [0.1, 0.15) is 11.1 Å². The molecule has 0 N–H and O–H groups in total. The number of ether oxygens (including phenoxy) is 1. The maximum atomic E-state index is 5.43. The molecule has 3 aromatic rings. The van der Waals surface area contributed by atoms with Gasteiger partial charge in [0.2, 0.25) is 5.88 Å². The summed E-state index contributed by atoms with van der Waals surface area (Å²) in [5.74, 6) is 0.698. The Kier molecular flexibility index (Phi) is 3.70.